The second-order valence-corrected chi connectivity index (χ2v) is 5.40. The molecule has 0 saturated carbocycles. The molecule has 6 heteroatoms. The molecular formula is C14H24O6. The van der Waals surface area contributed by atoms with E-state index >= 15 is 0 Å². The quantitative estimate of drug-likeness (QED) is 0.644. The monoisotopic (exact) mass is 288 g/mol. The molecule has 0 aromatic carbocycles. The van der Waals surface area contributed by atoms with Gasteiger partial charge in [0.2, 0.25) is 0 Å². The molecule has 20 heavy (non-hydrogen) atoms. The van der Waals surface area contributed by atoms with E-state index in [1.165, 1.54) is 0 Å². The first-order valence-electron chi connectivity index (χ1n) is 7.13. The summed E-state index contributed by atoms with van der Waals surface area (Å²) in [7, 11) is 0. The molecule has 4 atom stereocenters. The molecule has 116 valence electrons. The van der Waals surface area contributed by atoms with Crippen LogP contribution in [0.25, 0.3) is 0 Å². The molecule has 1 aliphatic rings. The molecule has 1 saturated heterocycles. The van der Waals surface area contributed by atoms with Gasteiger partial charge in [0.1, 0.15) is 6.10 Å². The topological polar surface area (TPSA) is 93.1 Å². The van der Waals surface area contributed by atoms with Gasteiger partial charge in [-0.1, -0.05) is 0 Å². The average Bonchev–Trinajstić information content (AvgIpc) is 2.34. The van der Waals surface area contributed by atoms with E-state index in [2.05, 4.69) is 0 Å². The molecule has 0 amide bonds. The van der Waals surface area contributed by atoms with E-state index in [-0.39, 0.29) is 37.8 Å². The minimum atomic E-state index is -1.03. The second kappa shape index (κ2) is 8.21. The summed E-state index contributed by atoms with van der Waals surface area (Å²) in [6, 6.07) is 0. The van der Waals surface area contributed by atoms with Crippen molar-refractivity contribution < 1.29 is 29.3 Å². The summed E-state index contributed by atoms with van der Waals surface area (Å²) in [5.74, 6) is -0.730. The van der Waals surface area contributed by atoms with Crippen LogP contribution in [0.4, 0.5) is 0 Å². The molecule has 1 rings (SSSR count). The molecular weight excluding hydrogens is 264 g/mol. The zero-order valence-electron chi connectivity index (χ0n) is 12.1. The summed E-state index contributed by atoms with van der Waals surface area (Å²) < 4.78 is 10.3. The van der Waals surface area contributed by atoms with E-state index in [1.807, 2.05) is 0 Å². The maximum Gasteiger partial charge on any atom is 0.306 e. The van der Waals surface area contributed by atoms with Crippen LogP contribution < -0.4 is 0 Å². The van der Waals surface area contributed by atoms with Gasteiger partial charge in [0, 0.05) is 19.3 Å². The van der Waals surface area contributed by atoms with E-state index in [0.717, 1.165) is 0 Å². The third kappa shape index (κ3) is 6.34. The first-order chi connectivity index (χ1) is 9.38. The van der Waals surface area contributed by atoms with E-state index < -0.39 is 24.3 Å². The molecule has 0 radical (unpaired) electrons. The van der Waals surface area contributed by atoms with Crippen molar-refractivity contribution in [2.75, 3.05) is 0 Å². The van der Waals surface area contributed by atoms with Crippen LogP contribution in [0.1, 0.15) is 52.4 Å². The molecule has 1 fully saturated rings. The summed E-state index contributed by atoms with van der Waals surface area (Å²) in [5.41, 5.74) is 0. The van der Waals surface area contributed by atoms with Crippen LogP contribution in [0.5, 0.6) is 0 Å². The number of cyclic esters (lactones) is 2. The fraction of sp³-hybridized carbons (Fsp3) is 0.857. The van der Waals surface area contributed by atoms with E-state index in [1.54, 1.807) is 13.8 Å². The van der Waals surface area contributed by atoms with Crippen LogP contribution >= 0.6 is 0 Å². The lowest BCUT2D eigenvalue weighted by Crippen LogP contribution is -2.32. The SMILES string of the molecule is C[C@@H]1CCCC(=O)O[C@H](C)C[C@@H](O)[C@H](O)CCC(=O)O1. The number of ether oxygens (including phenoxy) is 2. The fourth-order valence-corrected chi connectivity index (χ4v) is 2.16. The van der Waals surface area contributed by atoms with E-state index in [9.17, 15) is 19.8 Å². The average molecular weight is 288 g/mol. The number of aliphatic hydroxyl groups is 2. The molecule has 1 aliphatic heterocycles. The summed E-state index contributed by atoms with van der Waals surface area (Å²) >= 11 is 0. The number of rotatable bonds is 0. The van der Waals surface area contributed by atoms with Crippen molar-refractivity contribution in [2.45, 2.75) is 76.8 Å². The Kier molecular flexibility index (Phi) is 6.95. The van der Waals surface area contributed by atoms with Crippen molar-refractivity contribution in [3.05, 3.63) is 0 Å². The fourth-order valence-electron chi connectivity index (χ4n) is 2.16. The van der Waals surface area contributed by atoms with Gasteiger partial charge in [-0.25, -0.2) is 0 Å². The zero-order chi connectivity index (χ0) is 15.1. The standard InChI is InChI=1S/C14H24O6/c1-9-4-3-5-13(17)20-10(2)8-12(16)11(15)6-7-14(18)19-9/h9-12,15-16H,3-8H2,1-2H3/t9-,10-,11-,12-/m1/s1. The highest BCUT2D eigenvalue weighted by molar-refractivity contribution is 5.70. The Bertz CT molecular complexity index is 330. The highest BCUT2D eigenvalue weighted by Gasteiger charge is 2.23. The van der Waals surface area contributed by atoms with Gasteiger partial charge in [-0.3, -0.25) is 9.59 Å². The van der Waals surface area contributed by atoms with Crippen molar-refractivity contribution in [2.24, 2.45) is 0 Å². The van der Waals surface area contributed by atoms with Gasteiger partial charge in [0.15, 0.2) is 0 Å². The predicted molar refractivity (Wildman–Crippen MR) is 70.8 cm³/mol. The molecule has 2 N–H and O–H groups in total. The minimum Gasteiger partial charge on any atom is -0.463 e. The molecule has 0 aliphatic carbocycles. The van der Waals surface area contributed by atoms with Crippen molar-refractivity contribution in [1.29, 1.82) is 0 Å². The van der Waals surface area contributed by atoms with Gasteiger partial charge >= 0.3 is 11.9 Å². The Hall–Kier alpha value is -1.14. The molecule has 0 spiro atoms. The minimum absolute atomic E-state index is 0.0662. The van der Waals surface area contributed by atoms with Crippen LogP contribution in [0.2, 0.25) is 0 Å². The molecule has 0 bridgehead atoms. The number of carbonyl (C=O) groups excluding carboxylic acids is 2. The summed E-state index contributed by atoms with van der Waals surface area (Å²) in [4.78, 5) is 23.1. The van der Waals surface area contributed by atoms with Gasteiger partial charge < -0.3 is 19.7 Å². The third-order valence-corrected chi connectivity index (χ3v) is 3.32. The van der Waals surface area contributed by atoms with E-state index in [0.29, 0.717) is 12.8 Å². The molecule has 0 aromatic rings. The van der Waals surface area contributed by atoms with Crippen molar-refractivity contribution >= 4 is 11.9 Å². The van der Waals surface area contributed by atoms with Crippen LogP contribution in [-0.2, 0) is 19.1 Å². The lowest BCUT2D eigenvalue weighted by Gasteiger charge is -2.22. The van der Waals surface area contributed by atoms with Gasteiger partial charge in [-0.2, -0.15) is 0 Å². The van der Waals surface area contributed by atoms with Crippen LogP contribution in [-0.4, -0.2) is 46.6 Å². The maximum absolute atomic E-state index is 11.5. The number of esters is 2. The lowest BCUT2D eigenvalue weighted by molar-refractivity contribution is -0.152. The Labute approximate surface area is 119 Å². The Morgan fingerprint density at radius 2 is 1.50 bits per heavy atom. The third-order valence-electron chi connectivity index (χ3n) is 3.32. The first kappa shape index (κ1) is 16.9. The van der Waals surface area contributed by atoms with Crippen LogP contribution in [0.15, 0.2) is 0 Å². The highest BCUT2D eigenvalue weighted by atomic mass is 16.5. The van der Waals surface area contributed by atoms with Crippen molar-refractivity contribution in [3.8, 4) is 0 Å². The lowest BCUT2D eigenvalue weighted by atomic mass is 10.0. The molecule has 0 unspecified atom stereocenters. The van der Waals surface area contributed by atoms with Crippen molar-refractivity contribution in [1.82, 2.24) is 0 Å². The van der Waals surface area contributed by atoms with Crippen LogP contribution in [0, 0.1) is 0 Å². The molecule has 0 aromatic heterocycles. The highest BCUT2D eigenvalue weighted by Crippen LogP contribution is 2.14. The Morgan fingerprint density at radius 1 is 0.900 bits per heavy atom. The smallest absolute Gasteiger partial charge is 0.306 e. The van der Waals surface area contributed by atoms with Gasteiger partial charge in [0.25, 0.3) is 0 Å². The zero-order valence-corrected chi connectivity index (χ0v) is 12.1. The number of hydrogen-bond donors (Lipinski definition) is 2. The summed E-state index contributed by atoms with van der Waals surface area (Å²) in [6.45, 7) is 3.44. The number of hydrogen-bond acceptors (Lipinski definition) is 6. The van der Waals surface area contributed by atoms with E-state index in [4.69, 9.17) is 9.47 Å². The maximum atomic E-state index is 11.5. The molecule has 6 nitrogen and oxygen atoms in total. The molecule has 1 heterocycles. The first-order valence-corrected chi connectivity index (χ1v) is 7.13. The van der Waals surface area contributed by atoms with Gasteiger partial charge in [-0.15, -0.1) is 0 Å². The summed E-state index contributed by atoms with van der Waals surface area (Å²) in [5, 5.41) is 19.5. The number of carbonyl (C=O) groups is 2. The van der Waals surface area contributed by atoms with Gasteiger partial charge in [-0.05, 0) is 33.1 Å². The Balaban J connectivity index is 2.61. The second-order valence-electron chi connectivity index (χ2n) is 5.40. The Morgan fingerprint density at radius 3 is 2.20 bits per heavy atom. The largest absolute Gasteiger partial charge is 0.463 e. The normalized spacial score (nSPS) is 34.8. The number of aliphatic hydroxyl groups excluding tert-OH is 2. The van der Waals surface area contributed by atoms with Gasteiger partial charge in [0.05, 0.1) is 18.3 Å². The van der Waals surface area contributed by atoms with Crippen molar-refractivity contribution in [3.63, 3.8) is 0 Å². The summed E-state index contributed by atoms with van der Waals surface area (Å²) in [6.07, 6.45) is -0.982. The van der Waals surface area contributed by atoms with Crippen LogP contribution in [0.3, 0.4) is 0 Å². The predicted octanol–water partition coefficient (Wildman–Crippen LogP) is 0.926.